The van der Waals surface area contributed by atoms with Crippen LogP contribution in [-0.2, 0) is 6.54 Å². The van der Waals surface area contributed by atoms with E-state index in [0.29, 0.717) is 15.9 Å². The lowest BCUT2D eigenvalue weighted by Crippen LogP contribution is -2.28. The van der Waals surface area contributed by atoms with E-state index in [9.17, 15) is 9.59 Å². The lowest BCUT2D eigenvalue weighted by Gasteiger charge is -2.10. The summed E-state index contributed by atoms with van der Waals surface area (Å²) in [6.45, 7) is 0.284. The second kappa shape index (κ2) is 7.53. The van der Waals surface area contributed by atoms with E-state index in [4.69, 9.17) is 0 Å². The summed E-state index contributed by atoms with van der Waals surface area (Å²) in [6, 6.07) is 24.3. The molecule has 0 saturated carbocycles. The number of rotatable bonds is 4. The van der Waals surface area contributed by atoms with Gasteiger partial charge in [-0.2, -0.15) is 5.10 Å². The van der Waals surface area contributed by atoms with Crippen LogP contribution in [-0.4, -0.2) is 20.7 Å². The summed E-state index contributed by atoms with van der Waals surface area (Å²) in [7, 11) is 0. The molecule has 0 aliphatic heterocycles. The van der Waals surface area contributed by atoms with Crippen LogP contribution < -0.4 is 10.9 Å². The molecule has 0 unspecified atom stereocenters. The molecule has 0 aliphatic rings. The van der Waals surface area contributed by atoms with Crippen LogP contribution in [0.25, 0.3) is 21.0 Å². The maximum absolute atomic E-state index is 13.1. The third-order valence-electron chi connectivity index (χ3n) is 4.77. The van der Waals surface area contributed by atoms with Crippen molar-refractivity contribution in [3.8, 4) is 0 Å². The molecule has 0 spiro atoms. The van der Waals surface area contributed by atoms with Gasteiger partial charge in [-0.15, -0.1) is 0 Å². The van der Waals surface area contributed by atoms with Gasteiger partial charge in [0, 0.05) is 5.39 Å². The number of hydrogen-bond acceptors (Lipinski definition) is 5. The van der Waals surface area contributed by atoms with E-state index in [-0.39, 0.29) is 17.8 Å². The highest BCUT2D eigenvalue weighted by Crippen LogP contribution is 2.26. The lowest BCUT2D eigenvalue weighted by atomic mass is 10.1. The minimum atomic E-state index is -0.396. The molecule has 0 radical (unpaired) electrons. The molecule has 0 bridgehead atoms. The topological polar surface area (TPSA) is 76.9 Å². The van der Waals surface area contributed by atoms with Crippen LogP contribution in [0.15, 0.2) is 83.7 Å². The first kappa shape index (κ1) is 18.2. The van der Waals surface area contributed by atoms with Crippen LogP contribution in [0.4, 0.5) is 5.13 Å². The molecule has 3 aromatic carbocycles. The number of nitrogens with zero attached hydrogens (tertiary/aromatic N) is 3. The maximum atomic E-state index is 13.1. The van der Waals surface area contributed by atoms with Gasteiger partial charge in [-0.3, -0.25) is 14.9 Å². The number of carbonyl (C=O) groups is 1. The largest absolute Gasteiger partial charge is 0.296 e. The van der Waals surface area contributed by atoms with Gasteiger partial charge in [-0.25, -0.2) is 9.67 Å². The summed E-state index contributed by atoms with van der Waals surface area (Å²) in [5, 5.41) is 8.72. The smallest absolute Gasteiger partial charge is 0.278 e. The second-order valence-electron chi connectivity index (χ2n) is 6.78. The Morgan fingerprint density at radius 1 is 0.900 bits per heavy atom. The van der Waals surface area contributed by atoms with E-state index in [0.717, 1.165) is 15.8 Å². The number of aromatic nitrogens is 3. The average molecular weight is 412 g/mol. The summed E-state index contributed by atoms with van der Waals surface area (Å²) in [5.74, 6) is -0.396. The van der Waals surface area contributed by atoms with Gasteiger partial charge in [0.15, 0.2) is 10.8 Å². The summed E-state index contributed by atoms with van der Waals surface area (Å²) in [6.07, 6.45) is 0. The van der Waals surface area contributed by atoms with Crippen molar-refractivity contribution in [2.24, 2.45) is 0 Å². The molecule has 1 amide bonds. The highest BCUT2D eigenvalue weighted by molar-refractivity contribution is 7.22. The molecule has 146 valence electrons. The third-order valence-corrected chi connectivity index (χ3v) is 5.72. The molecule has 2 heterocycles. The van der Waals surface area contributed by atoms with E-state index in [2.05, 4.69) is 15.4 Å². The fourth-order valence-corrected chi connectivity index (χ4v) is 4.21. The lowest BCUT2D eigenvalue weighted by molar-refractivity contribution is 0.102. The summed E-state index contributed by atoms with van der Waals surface area (Å²) in [4.78, 5) is 30.5. The van der Waals surface area contributed by atoms with Crippen molar-refractivity contribution < 1.29 is 4.79 Å². The highest BCUT2D eigenvalue weighted by Gasteiger charge is 2.18. The van der Waals surface area contributed by atoms with Crippen LogP contribution in [0.3, 0.4) is 0 Å². The van der Waals surface area contributed by atoms with Crippen molar-refractivity contribution in [1.82, 2.24) is 14.8 Å². The predicted octanol–water partition coefficient (Wildman–Crippen LogP) is 4.31. The first-order valence-corrected chi connectivity index (χ1v) is 10.2. The van der Waals surface area contributed by atoms with Crippen molar-refractivity contribution in [2.45, 2.75) is 6.54 Å². The maximum Gasteiger partial charge on any atom is 0.278 e. The van der Waals surface area contributed by atoms with E-state index in [1.807, 2.05) is 54.6 Å². The zero-order chi connectivity index (χ0) is 20.5. The Hall–Kier alpha value is -3.84. The molecule has 7 heteroatoms. The first-order valence-electron chi connectivity index (χ1n) is 9.40. The standard InChI is InChI=1S/C23H16N4O2S/c28-21(25-23-24-18-12-6-7-13-19(18)30-23)20-16-10-4-5-11-17(16)22(29)27(26-20)14-15-8-2-1-3-9-15/h1-13H,14H2,(H,24,25,28). The van der Waals surface area contributed by atoms with E-state index < -0.39 is 5.91 Å². The molecule has 5 rings (SSSR count). The monoisotopic (exact) mass is 412 g/mol. The molecule has 5 aromatic rings. The molecule has 2 aromatic heterocycles. The highest BCUT2D eigenvalue weighted by atomic mass is 32.1. The molecule has 30 heavy (non-hydrogen) atoms. The Bertz CT molecular complexity index is 1410. The quantitative estimate of drug-likeness (QED) is 0.477. The van der Waals surface area contributed by atoms with Crippen LogP contribution >= 0.6 is 11.3 Å². The van der Waals surface area contributed by atoms with Crippen molar-refractivity contribution in [1.29, 1.82) is 0 Å². The van der Waals surface area contributed by atoms with Gasteiger partial charge in [0.2, 0.25) is 0 Å². The molecular weight excluding hydrogens is 396 g/mol. The van der Waals surface area contributed by atoms with E-state index in [1.165, 1.54) is 16.0 Å². The van der Waals surface area contributed by atoms with Crippen LogP contribution in [0.5, 0.6) is 0 Å². The zero-order valence-electron chi connectivity index (χ0n) is 15.8. The van der Waals surface area contributed by atoms with Crippen molar-refractivity contribution in [2.75, 3.05) is 5.32 Å². The van der Waals surface area contributed by atoms with Gasteiger partial charge in [0.05, 0.1) is 22.1 Å². The van der Waals surface area contributed by atoms with Gasteiger partial charge >= 0.3 is 0 Å². The molecule has 0 saturated heterocycles. The summed E-state index contributed by atoms with van der Waals surface area (Å²) < 4.78 is 2.32. The molecular formula is C23H16N4O2S. The number of benzene rings is 3. The molecule has 0 fully saturated rings. The van der Waals surface area contributed by atoms with E-state index >= 15 is 0 Å². The number of nitrogens with one attached hydrogen (secondary N) is 1. The Kier molecular flexibility index (Phi) is 4.57. The fourth-order valence-electron chi connectivity index (χ4n) is 3.35. The predicted molar refractivity (Wildman–Crippen MR) is 119 cm³/mol. The molecule has 0 atom stereocenters. The van der Waals surface area contributed by atoms with E-state index in [1.54, 1.807) is 24.3 Å². The SMILES string of the molecule is O=C(Nc1nc2ccccc2s1)c1nn(Cc2ccccc2)c(=O)c2ccccc12. The van der Waals surface area contributed by atoms with Crippen LogP contribution in [0.2, 0.25) is 0 Å². The number of hydrogen-bond donors (Lipinski definition) is 1. The van der Waals surface area contributed by atoms with Crippen molar-refractivity contribution in [3.63, 3.8) is 0 Å². The second-order valence-corrected chi connectivity index (χ2v) is 7.81. The van der Waals surface area contributed by atoms with Crippen molar-refractivity contribution in [3.05, 3.63) is 100 Å². The molecule has 1 N–H and O–H groups in total. The number of anilines is 1. The van der Waals surface area contributed by atoms with Gasteiger partial charge in [0.1, 0.15) is 0 Å². The molecule has 0 aliphatic carbocycles. The summed E-state index contributed by atoms with van der Waals surface area (Å²) >= 11 is 1.40. The number of fused-ring (bicyclic) bond motifs is 2. The Morgan fingerprint density at radius 3 is 2.40 bits per heavy atom. The van der Waals surface area contributed by atoms with Gasteiger partial charge in [-0.1, -0.05) is 72.0 Å². The number of amides is 1. The number of para-hydroxylation sites is 1. The third kappa shape index (κ3) is 3.35. The Morgan fingerprint density at radius 2 is 1.60 bits per heavy atom. The zero-order valence-corrected chi connectivity index (χ0v) is 16.6. The summed E-state index contributed by atoms with van der Waals surface area (Å²) in [5.41, 5.74) is 1.72. The first-order chi connectivity index (χ1) is 14.7. The minimum Gasteiger partial charge on any atom is -0.296 e. The van der Waals surface area contributed by atoms with Gasteiger partial charge < -0.3 is 0 Å². The van der Waals surface area contributed by atoms with Crippen LogP contribution in [0, 0.1) is 0 Å². The molecule has 6 nitrogen and oxygen atoms in total. The fraction of sp³-hybridized carbons (Fsp3) is 0.0435. The Balaban J connectivity index is 1.57. The average Bonchev–Trinajstić information content (AvgIpc) is 3.18. The normalized spacial score (nSPS) is 11.1. The van der Waals surface area contributed by atoms with Gasteiger partial charge in [0.25, 0.3) is 11.5 Å². The Labute approximate surface area is 175 Å². The number of thiazole rings is 1. The van der Waals surface area contributed by atoms with Crippen molar-refractivity contribution >= 4 is 43.4 Å². The minimum absolute atomic E-state index is 0.195. The number of carbonyl (C=O) groups excluding carboxylic acids is 1. The van der Waals surface area contributed by atoms with Crippen LogP contribution in [0.1, 0.15) is 16.1 Å². The van der Waals surface area contributed by atoms with Gasteiger partial charge in [-0.05, 0) is 23.8 Å².